The number of nitrogens with zero attached hydrogens (tertiary/aromatic N) is 3. The average molecular weight is 492 g/mol. The van der Waals surface area contributed by atoms with Crippen molar-refractivity contribution in [1.82, 2.24) is 14.7 Å². The summed E-state index contributed by atoms with van der Waals surface area (Å²) >= 11 is 12.2. The van der Waals surface area contributed by atoms with Gasteiger partial charge in [-0.25, -0.2) is 4.39 Å². The Morgan fingerprint density at radius 2 is 1.58 bits per heavy atom. The highest BCUT2D eigenvalue weighted by Crippen LogP contribution is 2.27. The Balaban J connectivity index is 1.35. The van der Waals surface area contributed by atoms with Gasteiger partial charge in [-0.15, -0.1) is 0 Å². The van der Waals surface area contributed by atoms with Crippen LogP contribution in [0, 0.1) is 5.82 Å². The summed E-state index contributed by atoms with van der Waals surface area (Å²) in [6, 6.07) is 10.0. The molecule has 0 aromatic heterocycles. The van der Waals surface area contributed by atoms with Gasteiger partial charge in [0.05, 0.1) is 17.0 Å². The lowest BCUT2D eigenvalue weighted by Crippen LogP contribution is -2.55. The third-order valence-corrected chi connectivity index (χ3v) is 6.73. The quantitative estimate of drug-likeness (QED) is 0.655. The molecule has 2 aliphatic heterocycles. The zero-order chi connectivity index (χ0) is 23.5. The minimum absolute atomic E-state index is 0.0537. The zero-order valence-electron chi connectivity index (χ0n) is 18.0. The molecule has 0 N–H and O–H groups in total. The molecule has 0 radical (unpaired) electrons. The van der Waals surface area contributed by atoms with Crippen molar-refractivity contribution in [3.8, 4) is 0 Å². The van der Waals surface area contributed by atoms with Gasteiger partial charge in [0, 0.05) is 37.7 Å². The highest BCUT2D eigenvalue weighted by atomic mass is 35.5. The standard InChI is InChI=1S/C24H24Cl2FN3O3/c25-17-5-8-20(26)19(15-17)23(32)30-9-1-2-21(30)24(33)29-12-10-28(11-13-29)22(31)14-16-3-6-18(27)7-4-16/h3-8,15,21H,1-2,9-14H2. The molecule has 2 aromatic rings. The van der Waals surface area contributed by atoms with E-state index < -0.39 is 6.04 Å². The summed E-state index contributed by atoms with van der Waals surface area (Å²) in [5.41, 5.74) is 1.04. The summed E-state index contributed by atoms with van der Waals surface area (Å²) in [6.07, 6.45) is 1.52. The molecule has 0 aliphatic carbocycles. The second-order valence-corrected chi connectivity index (χ2v) is 9.13. The van der Waals surface area contributed by atoms with Gasteiger partial charge in [-0.1, -0.05) is 35.3 Å². The summed E-state index contributed by atoms with van der Waals surface area (Å²) in [4.78, 5) is 43.9. The summed E-state index contributed by atoms with van der Waals surface area (Å²) in [5, 5.41) is 0.710. The predicted octanol–water partition coefficient (Wildman–Crippen LogP) is 3.65. The van der Waals surface area contributed by atoms with Gasteiger partial charge in [-0.3, -0.25) is 14.4 Å². The first kappa shape index (κ1) is 23.5. The van der Waals surface area contributed by atoms with Gasteiger partial charge in [-0.2, -0.15) is 0 Å². The van der Waals surface area contributed by atoms with Gasteiger partial charge in [0.2, 0.25) is 11.8 Å². The fourth-order valence-electron chi connectivity index (χ4n) is 4.36. The number of carbonyl (C=O) groups is 3. The Morgan fingerprint density at radius 3 is 2.27 bits per heavy atom. The molecule has 6 nitrogen and oxygen atoms in total. The number of hydrogen-bond donors (Lipinski definition) is 0. The third-order valence-electron chi connectivity index (χ3n) is 6.17. The van der Waals surface area contributed by atoms with E-state index in [0.29, 0.717) is 54.8 Å². The van der Waals surface area contributed by atoms with Crippen molar-refractivity contribution in [1.29, 1.82) is 0 Å². The second-order valence-electron chi connectivity index (χ2n) is 8.29. The van der Waals surface area contributed by atoms with Crippen LogP contribution in [0.3, 0.4) is 0 Å². The van der Waals surface area contributed by atoms with Crippen molar-refractivity contribution in [2.24, 2.45) is 0 Å². The molecule has 3 amide bonds. The van der Waals surface area contributed by atoms with Gasteiger partial charge in [0.25, 0.3) is 5.91 Å². The first-order valence-electron chi connectivity index (χ1n) is 10.9. The molecule has 0 spiro atoms. The van der Waals surface area contributed by atoms with Crippen molar-refractivity contribution < 1.29 is 18.8 Å². The monoisotopic (exact) mass is 491 g/mol. The highest BCUT2D eigenvalue weighted by Gasteiger charge is 2.38. The predicted molar refractivity (Wildman–Crippen MR) is 124 cm³/mol. The molecule has 4 rings (SSSR count). The molecule has 2 aliphatic rings. The van der Waals surface area contributed by atoms with Crippen LogP contribution in [0.15, 0.2) is 42.5 Å². The summed E-state index contributed by atoms with van der Waals surface area (Å²) in [5.74, 6) is -0.798. The molecule has 2 aromatic carbocycles. The minimum atomic E-state index is -0.547. The van der Waals surface area contributed by atoms with Crippen LogP contribution in [-0.4, -0.2) is 71.2 Å². The maximum absolute atomic E-state index is 13.2. The fraction of sp³-hybridized carbons (Fsp3) is 0.375. The molecule has 2 fully saturated rings. The Hall–Kier alpha value is -2.64. The second kappa shape index (κ2) is 10.1. The lowest BCUT2D eigenvalue weighted by Gasteiger charge is -2.37. The van der Waals surface area contributed by atoms with Crippen LogP contribution in [0.25, 0.3) is 0 Å². The van der Waals surface area contributed by atoms with E-state index in [9.17, 15) is 18.8 Å². The van der Waals surface area contributed by atoms with Crippen LogP contribution in [-0.2, 0) is 16.0 Å². The molecule has 2 saturated heterocycles. The largest absolute Gasteiger partial charge is 0.339 e. The van der Waals surface area contributed by atoms with E-state index in [1.165, 1.54) is 18.2 Å². The molecule has 2 heterocycles. The van der Waals surface area contributed by atoms with Crippen molar-refractivity contribution in [2.75, 3.05) is 32.7 Å². The molecule has 1 atom stereocenters. The normalized spacial score (nSPS) is 18.5. The van der Waals surface area contributed by atoms with E-state index in [0.717, 1.165) is 12.0 Å². The van der Waals surface area contributed by atoms with Gasteiger partial charge >= 0.3 is 0 Å². The Morgan fingerprint density at radius 1 is 0.909 bits per heavy atom. The number of benzene rings is 2. The molecule has 1 unspecified atom stereocenters. The van der Waals surface area contributed by atoms with Crippen LogP contribution < -0.4 is 0 Å². The fourth-order valence-corrected chi connectivity index (χ4v) is 4.73. The molecule has 0 saturated carbocycles. The zero-order valence-corrected chi connectivity index (χ0v) is 19.5. The molecular formula is C24H24Cl2FN3O3. The minimum Gasteiger partial charge on any atom is -0.339 e. The summed E-state index contributed by atoms with van der Waals surface area (Å²) in [6.45, 7) is 2.14. The van der Waals surface area contributed by atoms with Crippen LogP contribution in [0.5, 0.6) is 0 Å². The number of amides is 3. The third kappa shape index (κ3) is 5.31. The van der Waals surface area contributed by atoms with E-state index in [4.69, 9.17) is 23.2 Å². The first-order chi connectivity index (χ1) is 15.8. The average Bonchev–Trinajstić information content (AvgIpc) is 3.31. The van der Waals surface area contributed by atoms with E-state index >= 15 is 0 Å². The van der Waals surface area contributed by atoms with Crippen molar-refractivity contribution in [3.63, 3.8) is 0 Å². The lowest BCUT2D eigenvalue weighted by molar-refractivity contribution is -0.141. The van der Waals surface area contributed by atoms with Gasteiger partial charge in [-0.05, 0) is 48.7 Å². The van der Waals surface area contributed by atoms with Crippen LogP contribution >= 0.6 is 23.2 Å². The van der Waals surface area contributed by atoms with Crippen molar-refractivity contribution >= 4 is 40.9 Å². The summed E-state index contributed by atoms with van der Waals surface area (Å²) in [7, 11) is 0. The summed E-state index contributed by atoms with van der Waals surface area (Å²) < 4.78 is 13.1. The van der Waals surface area contributed by atoms with E-state index in [-0.39, 0.29) is 30.0 Å². The first-order valence-corrected chi connectivity index (χ1v) is 11.7. The van der Waals surface area contributed by atoms with E-state index in [1.807, 2.05) is 0 Å². The van der Waals surface area contributed by atoms with E-state index in [2.05, 4.69) is 0 Å². The Kier molecular flexibility index (Phi) is 7.20. The van der Waals surface area contributed by atoms with Crippen LogP contribution in [0.4, 0.5) is 4.39 Å². The Labute approximate surface area is 201 Å². The maximum atomic E-state index is 13.2. The van der Waals surface area contributed by atoms with Gasteiger partial charge < -0.3 is 14.7 Å². The molecule has 0 bridgehead atoms. The SMILES string of the molecule is O=C(Cc1ccc(F)cc1)N1CCN(C(=O)C2CCCN2C(=O)c2cc(Cl)ccc2Cl)CC1. The topological polar surface area (TPSA) is 60.9 Å². The number of halogens is 3. The van der Waals surface area contributed by atoms with Crippen molar-refractivity contribution in [3.05, 3.63) is 69.5 Å². The van der Waals surface area contributed by atoms with Gasteiger partial charge in [0.1, 0.15) is 11.9 Å². The molecule has 9 heteroatoms. The Bertz CT molecular complexity index is 1060. The molecule has 174 valence electrons. The number of rotatable bonds is 4. The van der Waals surface area contributed by atoms with Crippen LogP contribution in [0.2, 0.25) is 10.0 Å². The lowest BCUT2D eigenvalue weighted by atomic mass is 10.1. The number of carbonyl (C=O) groups excluding carboxylic acids is 3. The van der Waals surface area contributed by atoms with Crippen LogP contribution in [0.1, 0.15) is 28.8 Å². The van der Waals surface area contributed by atoms with Crippen molar-refractivity contribution in [2.45, 2.75) is 25.3 Å². The highest BCUT2D eigenvalue weighted by molar-refractivity contribution is 6.35. The molecular weight excluding hydrogens is 468 g/mol. The van der Waals surface area contributed by atoms with Gasteiger partial charge in [0.15, 0.2) is 0 Å². The van der Waals surface area contributed by atoms with E-state index in [1.54, 1.807) is 39.0 Å². The smallest absolute Gasteiger partial charge is 0.256 e. The number of hydrogen-bond acceptors (Lipinski definition) is 3. The maximum Gasteiger partial charge on any atom is 0.256 e. The number of likely N-dealkylation sites (tertiary alicyclic amines) is 1. The number of piperazine rings is 1. The molecule has 33 heavy (non-hydrogen) atoms.